The molecule has 2 aromatic rings. The van der Waals surface area contributed by atoms with Crippen LogP contribution in [0.4, 0.5) is 5.82 Å². The van der Waals surface area contributed by atoms with Crippen molar-refractivity contribution in [1.29, 1.82) is 0 Å². The highest BCUT2D eigenvalue weighted by Gasteiger charge is 2.50. The molecule has 7 unspecified atom stereocenters. The van der Waals surface area contributed by atoms with E-state index in [1.54, 1.807) is 19.9 Å². The highest BCUT2D eigenvalue weighted by atomic mass is 32.2. The lowest BCUT2D eigenvalue weighted by molar-refractivity contribution is -0.137. The van der Waals surface area contributed by atoms with Crippen LogP contribution in [-0.2, 0) is 50.7 Å². The molecule has 0 aliphatic carbocycles. The minimum Gasteiger partial charge on any atom is -0.386 e. The van der Waals surface area contributed by atoms with Gasteiger partial charge in [-0.25, -0.2) is 28.6 Å². The monoisotopic (exact) mass is 849 g/mol. The summed E-state index contributed by atoms with van der Waals surface area (Å²) in [5.41, 5.74) is 4.84. The van der Waals surface area contributed by atoms with E-state index in [0.29, 0.717) is 11.3 Å². The number of imidazole rings is 1. The highest BCUT2D eigenvalue weighted by molar-refractivity contribution is 8.14. The largest absolute Gasteiger partial charge is 0.481 e. The van der Waals surface area contributed by atoms with E-state index in [2.05, 4.69) is 34.4 Å². The van der Waals surface area contributed by atoms with Crippen molar-refractivity contribution in [3.8, 4) is 0 Å². The molecule has 7 atom stereocenters. The molecule has 0 aromatic carbocycles. The van der Waals surface area contributed by atoms with Gasteiger partial charge in [0.2, 0.25) is 16.9 Å². The van der Waals surface area contributed by atoms with E-state index < -0.39 is 84.6 Å². The first-order valence-corrected chi connectivity index (χ1v) is 21.2. The van der Waals surface area contributed by atoms with Gasteiger partial charge in [0, 0.05) is 30.7 Å². The summed E-state index contributed by atoms with van der Waals surface area (Å²) in [4.78, 5) is 87.2. The summed E-state index contributed by atoms with van der Waals surface area (Å²) in [7, 11) is -16.4. The first-order valence-electron chi connectivity index (χ1n) is 15.7. The number of allylic oxidation sites excluding steroid dienone is 1. The number of nitrogens with one attached hydrogen (secondary N) is 2. The number of thioether (sulfide) groups is 1. The number of aliphatic hydroxyl groups is 2. The number of fused-ring (bicyclic) bond motifs is 1. The standard InChI is InChI=1S/C26H42N7O17P3S/c1-5-14(2)25(38)54-9-8-28-16(34)6-7-29-23(37)20(36)26(3,4)11-47-53(44,45)50-52(42,43)46-10-15-19(49-51(39,40)41)18(35)24(48-15)33-13-32-17-21(27)30-12-31-22(17)33/h5,12-13,15,18-20,24,35-36H,6-11H2,1-4H3,(H,28,34)(H,29,37)(H,42,43)(H,44,45)(H2,27,30,31)(H2,39,40,41)/b14-5+. The molecule has 0 spiro atoms. The molecule has 0 saturated carbocycles. The van der Waals surface area contributed by atoms with Crippen LogP contribution in [0.1, 0.15) is 40.3 Å². The number of hydrogen-bond acceptors (Lipinski definition) is 18. The molecule has 1 aliphatic heterocycles. The van der Waals surface area contributed by atoms with Crippen LogP contribution < -0.4 is 16.4 Å². The van der Waals surface area contributed by atoms with Crippen LogP contribution >= 0.6 is 35.2 Å². The van der Waals surface area contributed by atoms with Gasteiger partial charge in [0.05, 0.1) is 19.5 Å². The lowest BCUT2D eigenvalue weighted by Gasteiger charge is -2.30. The molecule has 28 heteroatoms. The third-order valence-electron chi connectivity index (χ3n) is 7.49. The Morgan fingerprint density at radius 3 is 2.41 bits per heavy atom. The number of hydrogen-bond donors (Lipinski definition) is 9. The predicted molar refractivity (Wildman–Crippen MR) is 187 cm³/mol. The van der Waals surface area contributed by atoms with Gasteiger partial charge in [0.25, 0.3) is 0 Å². The molecule has 2 aromatic heterocycles. The Morgan fingerprint density at radius 2 is 1.76 bits per heavy atom. The van der Waals surface area contributed by atoms with Gasteiger partial charge in [-0.15, -0.1) is 0 Å². The second kappa shape index (κ2) is 19.0. The molecule has 1 fully saturated rings. The lowest BCUT2D eigenvalue weighted by Crippen LogP contribution is -2.46. The lowest BCUT2D eigenvalue weighted by atomic mass is 9.87. The fourth-order valence-electron chi connectivity index (χ4n) is 4.51. The zero-order valence-corrected chi connectivity index (χ0v) is 32.7. The van der Waals surface area contributed by atoms with Gasteiger partial charge < -0.3 is 50.9 Å². The van der Waals surface area contributed by atoms with Crippen LogP contribution in [0.15, 0.2) is 24.3 Å². The molecule has 2 amide bonds. The average molecular weight is 850 g/mol. The van der Waals surface area contributed by atoms with Crippen molar-refractivity contribution in [1.82, 2.24) is 30.2 Å². The van der Waals surface area contributed by atoms with E-state index in [0.717, 1.165) is 29.0 Å². The van der Waals surface area contributed by atoms with E-state index in [4.69, 9.17) is 19.5 Å². The maximum Gasteiger partial charge on any atom is 0.481 e. The topological polar surface area (TPSA) is 364 Å². The Morgan fingerprint density at radius 1 is 1.09 bits per heavy atom. The number of rotatable bonds is 20. The number of phosphoric ester groups is 3. The van der Waals surface area contributed by atoms with Crippen LogP contribution in [0.5, 0.6) is 0 Å². The number of phosphoric acid groups is 3. The van der Waals surface area contributed by atoms with Gasteiger partial charge in [-0.1, -0.05) is 31.7 Å². The van der Waals surface area contributed by atoms with Crippen LogP contribution in [0.2, 0.25) is 0 Å². The number of amides is 2. The van der Waals surface area contributed by atoms with Crippen LogP contribution in [0.25, 0.3) is 11.2 Å². The first-order chi connectivity index (χ1) is 25.0. The van der Waals surface area contributed by atoms with E-state index in [9.17, 15) is 57.9 Å². The zero-order valence-electron chi connectivity index (χ0n) is 29.2. The van der Waals surface area contributed by atoms with Crippen molar-refractivity contribution < 1.29 is 80.5 Å². The number of carbonyl (C=O) groups excluding carboxylic acids is 3. The van der Waals surface area contributed by atoms with Crippen LogP contribution in [0, 0.1) is 5.41 Å². The minimum atomic E-state index is -5.57. The summed E-state index contributed by atoms with van der Waals surface area (Å²) in [6.45, 7) is 3.88. The molecular weight excluding hydrogens is 807 g/mol. The molecule has 1 saturated heterocycles. The SMILES string of the molecule is C/C=C(\C)C(=O)SCCNC(=O)CCNC(=O)C(O)C(C)(C)COP(=O)(O)OP(=O)(O)OCC1OC(n2cnc3c(N)ncnc32)C(O)C1OP(=O)(O)O. The second-order valence-electron chi connectivity index (χ2n) is 12.2. The van der Waals surface area contributed by atoms with E-state index in [1.807, 2.05) is 0 Å². The summed E-state index contributed by atoms with van der Waals surface area (Å²) >= 11 is 1.03. The second-order valence-corrected chi connectivity index (χ2v) is 17.5. The summed E-state index contributed by atoms with van der Waals surface area (Å²) in [5.74, 6) is -1.13. The number of aliphatic hydroxyl groups excluding tert-OH is 2. The number of anilines is 1. The molecule has 3 rings (SSSR count). The predicted octanol–water partition coefficient (Wildman–Crippen LogP) is -0.369. The number of carbonyl (C=O) groups is 3. The Kier molecular flexibility index (Phi) is 16.0. The molecule has 0 bridgehead atoms. The van der Waals surface area contributed by atoms with Gasteiger partial charge >= 0.3 is 23.5 Å². The molecule has 24 nitrogen and oxygen atoms in total. The highest BCUT2D eigenvalue weighted by Crippen LogP contribution is 2.61. The molecular formula is C26H42N7O17P3S. The zero-order chi connectivity index (χ0) is 40.6. The first kappa shape index (κ1) is 45.7. The number of nitrogens with two attached hydrogens (primary N) is 1. The van der Waals surface area contributed by atoms with Crippen molar-refractivity contribution in [3.63, 3.8) is 0 Å². The summed E-state index contributed by atoms with van der Waals surface area (Å²) < 4.78 is 62.0. The van der Waals surface area contributed by atoms with Gasteiger partial charge in [-0.2, -0.15) is 4.31 Å². The normalized spacial score (nSPS) is 22.4. The fraction of sp³-hybridized carbons (Fsp3) is 0.615. The van der Waals surface area contributed by atoms with Crippen LogP contribution in [-0.4, -0.2) is 123 Å². The molecule has 10 N–H and O–H groups in total. The van der Waals surface area contributed by atoms with Crippen molar-refractivity contribution in [2.75, 3.05) is 37.8 Å². The molecule has 1 aliphatic rings. The smallest absolute Gasteiger partial charge is 0.386 e. The summed E-state index contributed by atoms with van der Waals surface area (Å²) in [6.07, 6.45) is -5.24. The Bertz CT molecular complexity index is 1840. The third kappa shape index (κ3) is 13.2. The van der Waals surface area contributed by atoms with Gasteiger partial charge in [0.1, 0.15) is 36.3 Å². The average Bonchev–Trinajstić information content (AvgIpc) is 3.64. The van der Waals surface area contributed by atoms with Gasteiger partial charge in [-0.3, -0.25) is 32.5 Å². The maximum absolute atomic E-state index is 12.7. The maximum atomic E-state index is 12.7. The van der Waals surface area contributed by atoms with E-state index >= 15 is 0 Å². The molecule has 304 valence electrons. The quantitative estimate of drug-likeness (QED) is 0.0466. The van der Waals surface area contributed by atoms with Crippen LogP contribution in [0.3, 0.4) is 0 Å². The Hall–Kier alpha value is -2.70. The number of nitrogens with zero attached hydrogens (tertiary/aromatic N) is 4. The minimum absolute atomic E-state index is 0.0301. The Balaban J connectivity index is 1.51. The number of nitrogen functional groups attached to an aromatic ring is 1. The van der Waals surface area contributed by atoms with Gasteiger partial charge in [0.15, 0.2) is 17.7 Å². The molecule has 54 heavy (non-hydrogen) atoms. The van der Waals surface area contributed by atoms with Gasteiger partial charge in [-0.05, 0) is 19.4 Å². The Labute approximate surface area is 311 Å². The number of aromatic nitrogens is 4. The van der Waals surface area contributed by atoms with Crippen molar-refractivity contribution in [2.45, 2.75) is 64.8 Å². The fourth-order valence-corrected chi connectivity index (χ4v) is 8.07. The number of ether oxygens (including phenoxy) is 1. The van der Waals surface area contributed by atoms with E-state index in [1.165, 1.54) is 13.8 Å². The van der Waals surface area contributed by atoms with Crippen molar-refractivity contribution >= 4 is 69.1 Å². The van der Waals surface area contributed by atoms with E-state index in [-0.39, 0.29) is 41.6 Å². The summed E-state index contributed by atoms with van der Waals surface area (Å²) in [5, 5.41) is 26.2. The van der Waals surface area contributed by atoms with Crippen molar-refractivity contribution in [3.05, 3.63) is 24.3 Å². The molecule has 0 radical (unpaired) electrons. The third-order valence-corrected chi connectivity index (χ3v) is 11.6. The van der Waals surface area contributed by atoms with Crippen molar-refractivity contribution in [2.24, 2.45) is 5.41 Å². The molecule has 3 heterocycles. The summed E-state index contributed by atoms with van der Waals surface area (Å²) in [6, 6.07) is 0.